The zero-order valence-electron chi connectivity index (χ0n) is 13.4. The molecule has 1 aliphatic rings. The molecule has 24 heavy (non-hydrogen) atoms. The fraction of sp³-hybridized carbons (Fsp3) is 0.375. The van der Waals surface area contributed by atoms with Crippen LogP contribution in [0.25, 0.3) is 0 Å². The van der Waals surface area contributed by atoms with Crippen LogP contribution < -0.4 is 16.0 Å². The van der Waals surface area contributed by atoms with Crippen molar-refractivity contribution in [2.24, 2.45) is 0 Å². The van der Waals surface area contributed by atoms with Crippen molar-refractivity contribution in [3.63, 3.8) is 0 Å². The van der Waals surface area contributed by atoms with Crippen molar-refractivity contribution in [3.05, 3.63) is 29.8 Å². The number of ether oxygens (including phenoxy) is 1. The molecule has 8 nitrogen and oxygen atoms in total. The quantitative estimate of drug-likeness (QED) is 0.666. The van der Waals surface area contributed by atoms with Crippen LogP contribution in [0.3, 0.4) is 0 Å². The lowest BCUT2D eigenvalue weighted by molar-refractivity contribution is -0.144. The number of carbonyl (C=O) groups is 4. The standard InChI is InChI=1S/C16H19N3O5/c1-9(16(23)24-2)17-13(20)8-7-12-15(22)18-11-6-4-3-5-10(11)14(21)19-12/h3-6,9,12H,7-8H2,1-2H3,(H,17,20)(H,18,22)(H,19,21)/t9-,12+/m0/s1. The average molecular weight is 333 g/mol. The molecule has 0 aliphatic carbocycles. The van der Waals surface area contributed by atoms with E-state index in [0.29, 0.717) is 11.3 Å². The molecule has 1 aromatic rings. The summed E-state index contributed by atoms with van der Waals surface area (Å²) in [6, 6.07) is 5.06. The van der Waals surface area contributed by atoms with Crippen LogP contribution in [0.4, 0.5) is 5.69 Å². The number of carbonyl (C=O) groups excluding carboxylic acids is 4. The summed E-state index contributed by atoms with van der Waals surface area (Å²) >= 11 is 0. The summed E-state index contributed by atoms with van der Waals surface area (Å²) in [4.78, 5) is 47.4. The van der Waals surface area contributed by atoms with E-state index >= 15 is 0 Å². The Morgan fingerprint density at radius 2 is 2.00 bits per heavy atom. The van der Waals surface area contributed by atoms with Crippen molar-refractivity contribution < 1.29 is 23.9 Å². The van der Waals surface area contributed by atoms with E-state index < -0.39 is 24.0 Å². The van der Waals surface area contributed by atoms with Gasteiger partial charge in [0, 0.05) is 6.42 Å². The molecule has 2 atom stereocenters. The van der Waals surface area contributed by atoms with Crippen LogP contribution in [0, 0.1) is 0 Å². The van der Waals surface area contributed by atoms with Crippen molar-refractivity contribution in [2.45, 2.75) is 31.8 Å². The highest BCUT2D eigenvalue weighted by atomic mass is 16.5. The third kappa shape index (κ3) is 4.09. The lowest BCUT2D eigenvalue weighted by atomic mass is 10.1. The van der Waals surface area contributed by atoms with E-state index in [-0.39, 0.29) is 24.7 Å². The molecule has 0 saturated heterocycles. The first-order chi connectivity index (χ1) is 11.4. The van der Waals surface area contributed by atoms with Gasteiger partial charge in [-0.05, 0) is 25.5 Å². The zero-order valence-corrected chi connectivity index (χ0v) is 13.4. The van der Waals surface area contributed by atoms with Crippen LogP contribution in [0.15, 0.2) is 24.3 Å². The maximum absolute atomic E-state index is 12.2. The van der Waals surface area contributed by atoms with Gasteiger partial charge in [-0.3, -0.25) is 14.4 Å². The van der Waals surface area contributed by atoms with Crippen molar-refractivity contribution in [2.75, 3.05) is 12.4 Å². The second kappa shape index (κ2) is 7.58. The molecule has 3 N–H and O–H groups in total. The van der Waals surface area contributed by atoms with E-state index in [1.165, 1.54) is 14.0 Å². The monoisotopic (exact) mass is 333 g/mol. The molecule has 0 aromatic heterocycles. The molecule has 1 aromatic carbocycles. The van der Waals surface area contributed by atoms with Gasteiger partial charge in [0.1, 0.15) is 12.1 Å². The summed E-state index contributed by atoms with van der Waals surface area (Å²) < 4.78 is 4.52. The van der Waals surface area contributed by atoms with E-state index in [4.69, 9.17) is 0 Å². The zero-order chi connectivity index (χ0) is 17.7. The molecule has 8 heteroatoms. The Balaban J connectivity index is 1.94. The Morgan fingerprint density at radius 3 is 2.71 bits per heavy atom. The Bertz CT molecular complexity index is 673. The van der Waals surface area contributed by atoms with Crippen molar-refractivity contribution in [1.29, 1.82) is 0 Å². The molecule has 0 radical (unpaired) electrons. The summed E-state index contributed by atoms with van der Waals surface area (Å²) in [6.07, 6.45) is 0.0985. The average Bonchev–Trinajstić information content (AvgIpc) is 2.68. The van der Waals surface area contributed by atoms with Gasteiger partial charge in [0.2, 0.25) is 11.8 Å². The van der Waals surface area contributed by atoms with Crippen LogP contribution in [0.1, 0.15) is 30.1 Å². The summed E-state index contributed by atoms with van der Waals surface area (Å²) in [7, 11) is 1.23. The van der Waals surface area contributed by atoms with Crippen molar-refractivity contribution in [1.82, 2.24) is 10.6 Å². The van der Waals surface area contributed by atoms with Gasteiger partial charge in [-0.2, -0.15) is 0 Å². The van der Waals surface area contributed by atoms with Gasteiger partial charge in [0.15, 0.2) is 0 Å². The minimum absolute atomic E-state index is 0.0178. The number of anilines is 1. The number of esters is 1. The summed E-state index contributed by atoms with van der Waals surface area (Å²) in [5.41, 5.74) is 0.809. The topological polar surface area (TPSA) is 114 Å². The summed E-state index contributed by atoms with van der Waals surface area (Å²) in [5, 5.41) is 7.74. The number of rotatable bonds is 5. The highest BCUT2D eigenvalue weighted by molar-refractivity contribution is 6.09. The maximum atomic E-state index is 12.2. The molecule has 2 rings (SSSR count). The van der Waals surface area contributed by atoms with Crippen LogP contribution in [-0.4, -0.2) is 42.9 Å². The van der Waals surface area contributed by atoms with Crippen LogP contribution in [0.5, 0.6) is 0 Å². The minimum atomic E-state index is -0.830. The first-order valence-electron chi connectivity index (χ1n) is 7.50. The normalized spacial score (nSPS) is 17.7. The summed E-state index contributed by atoms with van der Waals surface area (Å²) in [6.45, 7) is 1.50. The van der Waals surface area contributed by atoms with Crippen LogP contribution >= 0.6 is 0 Å². The minimum Gasteiger partial charge on any atom is -0.467 e. The number of methoxy groups -OCH3 is 1. The van der Waals surface area contributed by atoms with Gasteiger partial charge in [0.05, 0.1) is 18.4 Å². The Hall–Kier alpha value is -2.90. The molecular formula is C16H19N3O5. The molecule has 1 aliphatic heterocycles. The Kier molecular flexibility index (Phi) is 5.51. The van der Waals surface area contributed by atoms with Gasteiger partial charge < -0.3 is 20.7 Å². The predicted molar refractivity (Wildman–Crippen MR) is 85.2 cm³/mol. The lowest BCUT2D eigenvalue weighted by Crippen LogP contribution is -2.43. The molecule has 0 saturated carbocycles. The van der Waals surface area contributed by atoms with Crippen LogP contribution in [0.2, 0.25) is 0 Å². The first-order valence-corrected chi connectivity index (χ1v) is 7.50. The highest BCUT2D eigenvalue weighted by Gasteiger charge is 2.28. The van der Waals surface area contributed by atoms with E-state index in [1.54, 1.807) is 24.3 Å². The Morgan fingerprint density at radius 1 is 1.29 bits per heavy atom. The molecule has 0 bridgehead atoms. The molecule has 0 fully saturated rings. The highest BCUT2D eigenvalue weighted by Crippen LogP contribution is 2.19. The second-order valence-electron chi connectivity index (χ2n) is 5.41. The third-order valence-corrected chi connectivity index (χ3v) is 3.64. The number of para-hydroxylation sites is 1. The molecule has 0 spiro atoms. The van der Waals surface area contributed by atoms with E-state index in [9.17, 15) is 19.2 Å². The fourth-order valence-corrected chi connectivity index (χ4v) is 2.34. The predicted octanol–water partition coefficient (Wildman–Crippen LogP) is 0.195. The van der Waals surface area contributed by atoms with Gasteiger partial charge in [-0.25, -0.2) is 4.79 Å². The fourth-order valence-electron chi connectivity index (χ4n) is 2.34. The first kappa shape index (κ1) is 17.5. The van der Waals surface area contributed by atoms with Gasteiger partial charge >= 0.3 is 5.97 Å². The number of fused-ring (bicyclic) bond motifs is 1. The molecular weight excluding hydrogens is 314 g/mol. The number of nitrogens with one attached hydrogen (secondary N) is 3. The second-order valence-corrected chi connectivity index (χ2v) is 5.41. The van der Waals surface area contributed by atoms with Gasteiger partial charge in [-0.1, -0.05) is 12.1 Å². The molecule has 3 amide bonds. The molecule has 1 heterocycles. The SMILES string of the molecule is COC(=O)[C@H](C)NC(=O)CC[C@H]1NC(=O)c2ccccc2NC1=O. The third-order valence-electron chi connectivity index (χ3n) is 3.64. The van der Waals surface area contributed by atoms with Crippen LogP contribution in [-0.2, 0) is 19.1 Å². The van der Waals surface area contributed by atoms with Gasteiger partial charge in [-0.15, -0.1) is 0 Å². The largest absolute Gasteiger partial charge is 0.467 e. The smallest absolute Gasteiger partial charge is 0.328 e. The van der Waals surface area contributed by atoms with E-state index in [0.717, 1.165) is 0 Å². The summed E-state index contributed by atoms with van der Waals surface area (Å²) in [5.74, 6) is -1.73. The number of benzene rings is 1. The Labute approximate surface area is 138 Å². The van der Waals surface area contributed by atoms with Gasteiger partial charge in [0.25, 0.3) is 5.91 Å². The van der Waals surface area contributed by atoms with E-state index in [1.807, 2.05) is 0 Å². The van der Waals surface area contributed by atoms with Crippen molar-refractivity contribution in [3.8, 4) is 0 Å². The lowest BCUT2D eigenvalue weighted by Gasteiger charge is -2.15. The maximum Gasteiger partial charge on any atom is 0.328 e. The number of amides is 3. The number of hydrogen-bond acceptors (Lipinski definition) is 5. The van der Waals surface area contributed by atoms with Crippen molar-refractivity contribution >= 4 is 29.4 Å². The molecule has 128 valence electrons. The van der Waals surface area contributed by atoms with E-state index in [2.05, 4.69) is 20.7 Å². The molecule has 0 unspecified atom stereocenters. The number of hydrogen-bond donors (Lipinski definition) is 3.